The summed E-state index contributed by atoms with van der Waals surface area (Å²) in [7, 11) is 0. The molecule has 0 aromatic heterocycles. The van der Waals surface area contributed by atoms with Crippen LogP contribution in [0.2, 0.25) is 5.02 Å². The van der Waals surface area contributed by atoms with Crippen LogP contribution < -0.4 is 4.90 Å². The van der Waals surface area contributed by atoms with E-state index in [1.165, 1.54) is 5.69 Å². The van der Waals surface area contributed by atoms with Crippen LogP contribution in [0.4, 0.5) is 5.69 Å². The summed E-state index contributed by atoms with van der Waals surface area (Å²) in [5.74, 6) is 0. The summed E-state index contributed by atoms with van der Waals surface area (Å²) in [4.78, 5) is 2.31. The van der Waals surface area contributed by atoms with Gasteiger partial charge in [0.2, 0.25) is 0 Å². The molecule has 0 amide bonds. The van der Waals surface area contributed by atoms with Gasteiger partial charge in [0.15, 0.2) is 0 Å². The maximum absolute atomic E-state index is 5.88. The normalized spacial score (nSPS) is 26.6. The van der Waals surface area contributed by atoms with Gasteiger partial charge in [-0.15, -0.1) is 0 Å². The van der Waals surface area contributed by atoms with E-state index in [0.29, 0.717) is 12.2 Å². The summed E-state index contributed by atoms with van der Waals surface area (Å²) in [6.07, 6.45) is 0.795. The highest BCUT2D eigenvalue weighted by Crippen LogP contribution is 2.23. The van der Waals surface area contributed by atoms with E-state index in [1.807, 2.05) is 24.3 Å². The van der Waals surface area contributed by atoms with Gasteiger partial charge in [-0.25, -0.2) is 0 Å². The number of hydrogen-bond donors (Lipinski definition) is 0. The summed E-state index contributed by atoms with van der Waals surface area (Å²) in [6.45, 7) is 3.66. The number of ether oxygens (including phenoxy) is 2. The molecule has 4 heteroatoms. The predicted molar refractivity (Wildman–Crippen MR) is 63.1 cm³/mol. The van der Waals surface area contributed by atoms with Gasteiger partial charge in [0.05, 0.1) is 25.4 Å². The molecular weight excluding hydrogens is 226 g/mol. The van der Waals surface area contributed by atoms with Gasteiger partial charge in [0.1, 0.15) is 0 Å². The molecule has 0 saturated carbocycles. The highest BCUT2D eigenvalue weighted by molar-refractivity contribution is 6.30. The summed E-state index contributed by atoms with van der Waals surface area (Å²) in [5, 5.41) is 0.772. The first-order valence-electron chi connectivity index (χ1n) is 5.55. The van der Waals surface area contributed by atoms with Crippen molar-refractivity contribution < 1.29 is 9.47 Å². The van der Waals surface area contributed by atoms with E-state index in [9.17, 15) is 0 Å². The molecule has 2 aliphatic heterocycles. The van der Waals surface area contributed by atoms with Crippen LogP contribution in [0.25, 0.3) is 0 Å². The molecule has 86 valence electrons. The average Bonchev–Trinajstić information content (AvgIpc) is 3.12. The minimum absolute atomic E-state index is 0.398. The Hall–Kier alpha value is -0.770. The Bertz CT molecular complexity index is 346. The molecule has 1 aromatic rings. The zero-order valence-electron chi connectivity index (χ0n) is 8.93. The van der Waals surface area contributed by atoms with Crippen LogP contribution >= 0.6 is 11.6 Å². The van der Waals surface area contributed by atoms with Crippen molar-refractivity contribution in [3.63, 3.8) is 0 Å². The van der Waals surface area contributed by atoms with Gasteiger partial charge < -0.3 is 14.4 Å². The molecule has 0 unspecified atom stereocenters. The number of anilines is 1. The Kier molecular flexibility index (Phi) is 2.75. The van der Waals surface area contributed by atoms with Crippen LogP contribution in [0, 0.1) is 0 Å². The van der Waals surface area contributed by atoms with Crippen molar-refractivity contribution in [2.45, 2.75) is 12.2 Å². The largest absolute Gasteiger partial charge is 0.371 e. The smallest absolute Gasteiger partial charge is 0.0984 e. The molecular formula is C12H14ClNO2. The molecule has 1 aromatic carbocycles. The lowest BCUT2D eigenvalue weighted by atomic mass is 10.2. The third-order valence-electron chi connectivity index (χ3n) is 2.84. The van der Waals surface area contributed by atoms with Gasteiger partial charge in [-0.3, -0.25) is 0 Å². The molecule has 0 bridgehead atoms. The summed E-state index contributed by atoms with van der Waals surface area (Å²) >= 11 is 5.88. The lowest BCUT2D eigenvalue weighted by Gasteiger charge is -2.23. The van der Waals surface area contributed by atoms with Crippen molar-refractivity contribution in [3.05, 3.63) is 29.3 Å². The molecule has 0 radical (unpaired) electrons. The lowest BCUT2D eigenvalue weighted by Crippen LogP contribution is -2.31. The Morgan fingerprint density at radius 2 is 1.56 bits per heavy atom. The van der Waals surface area contributed by atoms with E-state index < -0.39 is 0 Å². The molecule has 2 fully saturated rings. The average molecular weight is 240 g/mol. The SMILES string of the molecule is Clc1ccc(N(C[C@@H]2CO2)C[C@@H]2CO2)cc1. The summed E-state index contributed by atoms with van der Waals surface area (Å²) in [5.41, 5.74) is 1.19. The molecule has 3 nitrogen and oxygen atoms in total. The first-order chi connectivity index (χ1) is 7.81. The zero-order chi connectivity index (χ0) is 11.0. The van der Waals surface area contributed by atoms with E-state index >= 15 is 0 Å². The van der Waals surface area contributed by atoms with E-state index in [2.05, 4.69) is 4.90 Å². The van der Waals surface area contributed by atoms with Crippen molar-refractivity contribution in [1.82, 2.24) is 0 Å². The predicted octanol–water partition coefficient (Wildman–Crippen LogP) is 1.94. The third kappa shape index (κ3) is 2.67. The van der Waals surface area contributed by atoms with Crippen LogP contribution in [0.1, 0.15) is 0 Å². The van der Waals surface area contributed by atoms with Gasteiger partial charge in [-0.2, -0.15) is 0 Å². The Labute approximate surface area is 99.9 Å². The van der Waals surface area contributed by atoms with Crippen LogP contribution in [0.5, 0.6) is 0 Å². The maximum Gasteiger partial charge on any atom is 0.0984 e. The molecule has 16 heavy (non-hydrogen) atoms. The maximum atomic E-state index is 5.88. The van der Waals surface area contributed by atoms with Crippen LogP contribution in [-0.2, 0) is 9.47 Å². The standard InChI is InChI=1S/C12H14ClNO2/c13-9-1-3-10(4-2-9)14(5-11-7-15-11)6-12-8-16-12/h1-4,11-12H,5-8H2/t11-,12-/m1/s1. The minimum atomic E-state index is 0.398. The van der Waals surface area contributed by atoms with Crippen molar-refractivity contribution in [2.24, 2.45) is 0 Å². The van der Waals surface area contributed by atoms with Gasteiger partial charge >= 0.3 is 0 Å². The lowest BCUT2D eigenvalue weighted by molar-refractivity contribution is 0.389. The quantitative estimate of drug-likeness (QED) is 0.736. The summed E-state index contributed by atoms with van der Waals surface area (Å²) in [6, 6.07) is 7.94. The second kappa shape index (κ2) is 4.24. The molecule has 2 heterocycles. The van der Waals surface area contributed by atoms with Crippen LogP contribution in [0.15, 0.2) is 24.3 Å². The molecule has 2 saturated heterocycles. The Balaban J connectivity index is 1.71. The Morgan fingerprint density at radius 1 is 1.06 bits per heavy atom. The second-order valence-corrected chi connectivity index (χ2v) is 4.73. The van der Waals surface area contributed by atoms with E-state index in [4.69, 9.17) is 21.1 Å². The summed E-state index contributed by atoms with van der Waals surface area (Å²) < 4.78 is 10.6. The fourth-order valence-corrected chi connectivity index (χ4v) is 1.90. The van der Waals surface area contributed by atoms with Crippen molar-refractivity contribution in [1.29, 1.82) is 0 Å². The number of benzene rings is 1. The fraction of sp³-hybridized carbons (Fsp3) is 0.500. The molecule has 2 aliphatic rings. The van der Waals surface area contributed by atoms with Gasteiger partial charge in [0.25, 0.3) is 0 Å². The second-order valence-electron chi connectivity index (χ2n) is 4.29. The van der Waals surface area contributed by atoms with Gasteiger partial charge in [-0.05, 0) is 24.3 Å². The number of hydrogen-bond acceptors (Lipinski definition) is 3. The van der Waals surface area contributed by atoms with Crippen LogP contribution in [0.3, 0.4) is 0 Å². The number of nitrogens with zero attached hydrogens (tertiary/aromatic N) is 1. The van der Waals surface area contributed by atoms with Crippen molar-refractivity contribution >= 4 is 17.3 Å². The van der Waals surface area contributed by atoms with E-state index in [-0.39, 0.29) is 0 Å². The highest BCUT2D eigenvalue weighted by atomic mass is 35.5. The zero-order valence-corrected chi connectivity index (χ0v) is 9.69. The monoisotopic (exact) mass is 239 g/mol. The molecule has 0 aliphatic carbocycles. The minimum Gasteiger partial charge on any atom is -0.371 e. The van der Waals surface area contributed by atoms with E-state index in [1.54, 1.807) is 0 Å². The first-order valence-corrected chi connectivity index (χ1v) is 5.93. The first kappa shape index (κ1) is 10.4. The van der Waals surface area contributed by atoms with E-state index in [0.717, 1.165) is 31.3 Å². The number of rotatable bonds is 5. The Morgan fingerprint density at radius 3 is 2.00 bits per heavy atom. The number of halogens is 1. The van der Waals surface area contributed by atoms with Gasteiger partial charge in [-0.1, -0.05) is 11.6 Å². The molecule has 3 rings (SSSR count). The van der Waals surface area contributed by atoms with Crippen LogP contribution in [-0.4, -0.2) is 38.5 Å². The fourth-order valence-electron chi connectivity index (χ4n) is 1.78. The van der Waals surface area contributed by atoms with Crippen molar-refractivity contribution in [2.75, 3.05) is 31.2 Å². The van der Waals surface area contributed by atoms with Crippen molar-refractivity contribution in [3.8, 4) is 0 Å². The topological polar surface area (TPSA) is 28.3 Å². The molecule has 2 atom stereocenters. The third-order valence-corrected chi connectivity index (χ3v) is 3.10. The molecule has 0 N–H and O–H groups in total. The number of epoxide rings is 2. The molecule has 0 spiro atoms. The highest BCUT2D eigenvalue weighted by Gasteiger charge is 2.30. The van der Waals surface area contributed by atoms with Gasteiger partial charge in [0, 0.05) is 23.8 Å².